The highest BCUT2D eigenvalue weighted by Crippen LogP contribution is 2.23. The molecule has 0 atom stereocenters. The number of hydrogen-bond acceptors (Lipinski definition) is 2. The number of nitrogens with one attached hydrogen (secondary N) is 1. The molecule has 1 saturated heterocycles. The van der Waals surface area contributed by atoms with Crippen LogP contribution in [0.1, 0.15) is 11.1 Å². The third-order valence-corrected chi connectivity index (χ3v) is 5.14. The summed E-state index contributed by atoms with van der Waals surface area (Å²) < 4.78 is 0. The van der Waals surface area contributed by atoms with Crippen LogP contribution >= 0.6 is 11.6 Å². The van der Waals surface area contributed by atoms with Gasteiger partial charge in [-0.25, -0.2) is 4.79 Å². The molecular weight excluding hydrogens is 334 g/mol. The molecule has 2 amide bonds. The number of anilines is 1. The van der Waals surface area contributed by atoms with E-state index in [-0.39, 0.29) is 6.03 Å². The second-order valence-electron chi connectivity index (χ2n) is 6.41. The molecule has 0 bridgehead atoms. The third kappa shape index (κ3) is 4.74. The van der Waals surface area contributed by atoms with Gasteiger partial charge in [-0.2, -0.15) is 0 Å². The van der Waals surface area contributed by atoms with Crippen molar-refractivity contribution < 1.29 is 4.79 Å². The van der Waals surface area contributed by atoms with Gasteiger partial charge in [-0.05, 0) is 36.6 Å². The molecule has 0 saturated carbocycles. The number of carbonyl (C=O) groups is 1. The molecule has 0 aliphatic carbocycles. The first-order valence-corrected chi connectivity index (χ1v) is 9.08. The Morgan fingerprint density at radius 1 is 1.04 bits per heavy atom. The molecule has 1 N–H and O–H groups in total. The van der Waals surface area contributed by atoms with Crippen molar-refractivity contribution in [3.8, 4) is 0 Å². The molecule has 0 unspecified atom stereocenters. The van der Waals surface area contributed by atoms with Crippen LogP contribution in [0.3, 0.4) is 0 Å². The molecular formula is C20H24ClN3O. The summed E-state index contributed by atoms with van der Waals surface area (Å²) in [6.45, 7) is 6.27. The highest BCUT2D eigenvalue weighted by molar-refractivity contribution is 6.31. The highest BCUT2D eigenvalue weighted by Gasteiger charge is 2.21. The zero-order chi connectivity index (χ0) is 17.6. The first-order chi connectivity index (χ1) is 12.1. The molecule has 132 valence electrons. The number of rotatable bonds is 4. The van der Waals surface area contributed by atoms with Gasteiger partial charge in [0.05, 0.1) is 0 Å². The highest BCUT2D eigenvalue weighted by atomic mass is 35.5. The van der Waals surface area contributed by atoms with E-state index >= 15 is 0 Å². The van der Waals surface area contributed by atoms with Gasteiger partial charge in [-0.3, -0.25) is 4.90 Å². The predicted octanol–water partition coefficient (Wildman–Crippen LogP) is 4.04. The van der Waals surface area contributed by atoms with Gasteiger partial charge in [0.1, 0.15) is 0 Å². The number of carbonyl (C=O) groups excluding carboxylic acids is 1. The number of benzene rings is 2. The van der Waals surface area contributed by atoms with Gasteiger partial charge in [0.15, 0.2) is 0 Å². The van der Waals surface area contributed by atoms with Crippen molar-refractivity contribution in [2.45, 2.75) is 13.3 Å². The van der Waals surface area contributed by atoms with Crippen LogP contribution in [-0.4, -0.2) is 48.6 Å². The van der Waals surface area contributed by atoms with Crippen molar-refractivity contribution in [1.82, 2.24) is 9.80 Å². The van der Waals surface area contributed by atoms with Gasteiger partial charge in [0.25, 0.3) is 0 Å². The van der Waals surface area contributed by atoms with Gasteiger partial charge < -0.3 is 10.2 Å². The number of nitrogens with zero attached hydrogens (tertiary/aromatic N) is 2. The maximum absolute atomic E-state index is 12.5. The normalized spacial score (nSPS) is 15.2. The van der Waals surface area contributed by atoms with Crippen LogP contribution in [0.2, 0.25) is 5.02 Å². The molecule has 5 heteroatoms. The lowest BCUT2D eigenvalue weighted by molar-refractivity contribution is 0.148. The number of piperazine rings is 1. The van der Waals surface area contributed by atoms with Crippen molar-refractivity contribution in [2.75, 3.05) is 38.0 Å². The molecule has 3 rings (SSSR count). The van der Waals surface area contributed by atoms with Crippen LogP contribution in [0.25, 0.3) is 0 Å². The SMILES string of the molecule is Cc1c(Cl)cccc1NC(=O)N1CCN(CCc2ccccc2)CC1. The van der Waals surface area contributed by atoms with Crippen LogP contribution < -0.4 is 5.32 Å². The van der Waals surface area contributed by atoms with Gasteiger partial charge in [0, 0.05) is 43.4 Å². The minimum Gasteiger partial charge on any atom is -0.322 e. The molecule has 25 heavy (non-hydrogen) atoms. The maximum Gasteiger partial charge on any atom is 0.321 e. The van der Waals surface area contributed by atoms with E-state index in [1.54, 1.807) is 0 Å². The van der Waals surface area contributed by atoms with Crippen molar-refractivity contribution in [3.63, 3.8) is 0 Å². The van der Waals surface area contributed by atoms with Crippen LogP contribution in [0.4, 0.5) is 10.5 Å². The Balaban J connectivity index is 1.47. The minimum atomic E-state index is -0.0481. The molecule has 1 fully saturated rings. The van der Waals surface area contributed by atoms with Gasteiger partial charge in [-0.1, -0.05) is 48.0 Å². The largest absolute Gasteiger partial charge is 0.322 e. The summed E-state index contributed by atoms with van der Waals surface area (Å²) >= 11 is 6.12. The van der Waals surface area contributed by atoms with E-state index in [2.05, 4.69) is 34.5 Å². The molecule has 0 aromatic heterocycles. The predicted molar refractivity (Wildman–Crippen MR) is 103 cm³/mol. The van der Waals surface area contributed by atoms with Crippen molar-refractivity contribution >= 4 is 23.3 Å². The van der Waals surface area contributed by atoms with Crippen LogP contribution in [0, 0.1) is 6.92 Å². The quantitative estimate of drug-likeness (QED) is 0.896. The summed E-state index contributed by atoms with van der Waals surface area (Å²) in [6, 6.07) is 16.1. The summed E-state index contributed by atoms with van der Waals surface area (Å²) in [7, 11) is 0. The lowest BCUT2D eigenvalue weighted by atomic mass is 10.1. The molecule has 4 nitrogen and oxygen atoms in total. The van der Waals surface area contributed by atoms with E-state index < -0.39 is 0 Å². The van der Waals surface area contributed by atoms with Crippen LogP contribution in [-0.2, 0) is 6.42 Å². The number of amides is 2. The van der Waals surface area contributed by atoms with E-state index in [0.29, 0.717) is 5.02 Å². The zero-order valence-corrected chi connectivity index (χ0v) is 15.3. The first-order valence-electron chi connectivity index (χ1n) is 8.71. The molecule has 2 aromatic rings. The molecule has 1 aliphatic rings. The second-order valence-corrected chi connectivity index (χ2v) is 6.81. The Bertz CT molecular complexity index is 712. The van der Waals surface area contributed by atoms with Gasteiger partial charge in [-0.15, -0.1) is 0 Å². The summed E-state index contributed by atoms with van der Waals surface area (Å²) in [5.74, 6) is 0. The van der Waals surface area contributed by atoms with E-state index in [1.165, 1.54) is 5.56 Å². The first kappa shape index (κ1) is 17.8. The average molecular weight is 358 g/mol. The van der Waals surface area contributed by atoms with Crippen molar-refractivity contribution in [2.24, 2.45) is 0 Å². The van der Waals surface area contributed by atoms with Crippen molar-refractivity contribution in [1.29, 1.82) is 0 Å². The molecule has 1 aliphatic heterocycles. The van der Waals surface area contributed by atoms with Crippen LogP contribution in [0.5, 0.6) is 0 Å². The fourth-order valence-corrected chi connectivity index (χ4v) is 3.22. The lowest BCUT2D eigenvalue weighted by Gasteiger charge is -2.34. The monoisotopic (exact) mass is 357 g/mol. The third-order valence-electron chi connectivity index (χ3n) is 4.73. The second kappa shape index (κ2) is 8.37. The molecule has 0 radical (unpaired) electrons. The molecule has 0 spiro atoms. The van der Waals surface area contributed by atoms with Crippen molar-refractivity contribution in [3.05, 3.63) is 64.7 Å². The topological polar surface area (TPSA) is 35.6 Å². The van der Waals surface area contributed by atoms with Gasteiger partial charge >= 0.3 is 6.03 Å². The van der Waals surface area contributed by atoms with E-state index in [0.717, 1.165) is 50.4 Å². The Kier molecular flexibility index (Phi) is 5.95. The lowest BCUT2D eigenvalue weighted by Crippen LogP contribution is -2.50. The molecule has 2 aromatic carbocycles. The smallest absolute Gasteiger partial charge is 0.321 e. The van der Waals surface area contributed by atoms with Crippen LogP contribution in [0.15, 0.2) is 48.5 Å². The van der Waals surface area contributed by atoms with E-state index in [1.807, 2.05) is 36.1 Å². The van der Waals surface area contributed by atoms with E-state index in [4.69, 9.17) is 11.6 Å². The number of halogens is 1. The number of urea groups is 1. The van der Waals surface area contributed by atoms with Gasteiger partial charge in [0.2, 0.25) is 0 Å². The Morgan fingerprint density at radius 2 is 1.76 bits per heavy atom. The average Bonchev–Trinajstić information content (AvgIpc) is 2.65. The minimum absolute atomic E-state index is 0.0481. The Morgan fingerprint density at radius 3 is 2.48 bits per heavy atom. The maximum atomic E-state index is 12.5. The fourth-order valence-electron chi connectivity index (χ4n) is 3.04. The van der Waals surface area contributed by atoms with E-state index in [9.17, 15) is 4.79 Å². The Labute approximate surface area is 154 Å². The standard InChI is InChI=1S/C20H24ClN3O/c1-16-18(21)8-5-9-19(16)22-20(25)24-14-12-23(13-15-24)11-10-17-6-3-2-4-7-17/h2-9H,10-15H2,1H3,(H,22,25). The zero-order valence-electron chi connectivity index (χ0n) is 14.5. The summed E-state index contributed by atoms with van der Waals surface area (Å²) in [5, 5.41) is 3.65. The fraction of sp³-hybridized carbons (Fsp3) is 0.350. The summed E-state index contributed by atoms with van der Waals surface area (Å²) in [6.07, 6.45) is 1.05. The Hall–Kier alpha value is -2.04. The summed E-state index contributed by atoms with van der Waals surface area (Å²) in [5.41, 5.74) is 3.04. The summed E-state index contributed by atoms with van der Waals surface area (Å²) in [4.78, 5) is 16.8. The molecule has 1 heterocycles. The number of hydrogen-bond donors (Lipinski definition) is 1.